The zero-order valence-corrected chi connectivity index (χ0v) is 11.3. The first kappa shape index (κ1) is 14.3. The van der Waals surface area contributed by atoms with Gasteiger partial charge in [-0.1, -0.05) is 15.9 Å². The summed E-state index contributed by atoms with van der Waals surface area (Å²) in [7, 11) is -3.97. The van der Waals surface area contributed by atoms with Gasteiger partial charge in [-0.3, -0.25) is 0 Å². The van der Waals surface area contributed by atoms with Crippen molar-refractivity contribution in [2.45, 2.75) is 18.2 Å². The van der Waals surface area contributed by atoms with Crippen LogP contribution in [-0.2, 0) is 10.0 Å². The molecule has 0 aliphatic carbocycles. The normalized spacial score (nSPS) is 12.1. The summed E-state index contributed by atoms with van der Waals surface area (Å²) in [5.41, 5.74) is 6.21. The summed E-state index contributed by atoms with van der Waals surface area (Å²) < 4.78 is 49.7. The van der Waals surface area contributed by atoms with Gasteiger partial charge in [0, 0.05) is 10.2 Å². The van der Waals surface area contributed by atoms with Crippen molar-refractivity contribution in [2.24, 2.45) is 0 Å². The van der Waals surface area contributed by atoms with E-state index in [1.807, 2.05) is 4.72 Å². The van der Waals surface area contributed by atoms with E-state index >= 15 is 0 Å². The van der Waals surface area contributed by atoms with E-state index in [1.165, 1.54) is 13.0 Å². The zero-order valence-electron chi connectivity index (χ0n) is 8.88. The molecule has 0 amide bonds. The van der Waals surface area contributed by atoms with Gasteiger partial charge in [0.25, 0.3) is 6.43 Å². The standard InChI is InChI=1S/C9H11BrF2N2O2S/c1-5-7(13)2-6(10)3-8(5)17(15,16)14-4-9(11)12/h2-3,9,14H,4,13H2,1H3. The number of hydrogen-bond donors (Lipinski definition) is 2. The number of hydrogen-bond acceptors (Lipinski definition) is 3. The molecule has 0 radical (unpaired) electrons. The van der Waals surface area contributed by atoms with E-state index in [0.29, 0.717) is 10.0 Å². The Hall–Kier alpha value is -0.730. The van der Waals surface area contributed by atoms with Crippen LogP contribution < -0.4 is 10.5 Å². The highest BCUT2D eigenvalue weighted by atomic mass is 79.9. The highest BCUT2D eigenvalue weighted by Crippen LogP contribution is 2.26. The topological polar surface area (TPSA) is 72.2 Å². The molecule has 3 N–H and O–H groups in total. The SMILES string of the molecule is Cc1c(N)cc(Br)cc1S(=O)(=O)NCC(F)F. The van der Waals surface area contributed by atoms with Crippen molar-refractivity contribution in [1.82, 2.24) is 4.72 Å². The molecular formula is C9H11BrF2N2O2S. The van der Waals surface area contributed by atoms with Crippen LogP contribution in [0.5, 0.6) is 0 Å². The second-order valence-electron chi connectivity index (χ2n) is 3.36. The van der Waals surface area contributed by atoms with Crippen LogP contribution in [0.15, 0.2) is 21.5 Å². The molecule has 1 aromatic rings. The minimum absolute atomic E-state index is 0.106. The summed E-state index contributed by atoms with van der Waals surface area (Å²) in [4.78, 5) is -0.106. The largest absolute Gasteiger partial charge is 0.398 e. The van der Waals surface area contributed by atoms with Crippen LogP contribution in [0.1, 0.15) is 5.56 Å². The molecule has 0 fully saturated rings. The first-order chi connectivity index (χ1) is 7.74. The lowest BCUT2D eigenvalue weighted by atomic mass is 10.2. The van der Waals surface area contributed by atoms with Crippen molar-refractivity contribution in [3.8, 4) is 0 Å². The Kier molecular flexibility index (Phi) is 4.45. The molecule has 0 unspecified atom stereocenters. The molecule has 0 aliphatic rings. The number of benzene rings is 1. The van der Waals surface area contributed by atoms with E-state index in [9.17, 15) is 17.2 Å². The van der Waals surface area contributed by atoms with Crippen molar-refractivity contribution < 1.29 is 17.2 Å². The molecule has 0 saturated carbocycles. The van der Waals surface area contributed by atoms with Crippen LogP contribution in [0.25, 0.3) is 0 Å². The summed E-state index contributed by atoms with van der Waals surface area (Å²) in [6, 6.07) is 2.86. The Balaban J connectivity index is 3.15. The molecule has 1 aromatic carbocycles. The number of nitrogens with one attached hydrogen (secondary N) is 1. The lowest BCUT2D eigenvalue weighted by molar-refractivity contribution is 0.153. The molecule has 0 heterocycles. The van der Waals surface area contributed by atoms with E-state index in [4.69, 9.17) is 5.73 Å². The predicted octanol–water partition coefficient (Wildman–Crippen LogP) is 1.88. The van der Waals surface area contributed by atoms with Gasteiger partial charge in [-0.05, 0) is 24.6 Å². The van der Waals surface area contributed by atoms with Gasteiger partial charge in [0.1, 0.15) is 0 Å². The van der Waals surface area contributed by atoms with Crippen LogP contribution in [0.3, 0.4) is 0 Å². The molecule has 17 heavy (non-hydrogen) atoms. The molecular weight excluding hydrogens is 318 g/mol. The highest BCUT2D eigenvalue weighted by Gasteiger charge is 2.20. The first-order valence-electron chi connectivity index (χ1n) is 4.57. The maximum atomic E-state index is 12.0. The summed E-state index contributed by atoms with van der Waals surface area (Å²) in [5.74, 6) is 0. The summed E-state index contributed by atoms with van der Waals surface area (Å²) in [6.45, 7) is 0.590. The van der Waals surface area contributed by atoms with Gasteiger partial charge in [-0.25, -0.2) is 21.9 Å². The number of sulfonamides is 1. The summed E-state index contributed by atoms with van der Waals surface area (Å²) in [6.07, 6.45) is -2.74. The first-order valence-corrected chi connectivity index (χ1v) is 6.85. The Morgan fingerprint density at radius 3 is 2.59 bits per heavy atom. The van der Waals surface area contributed by atoms with Crippen molar-refractivity contribution in [2.75, 3.05) is 12.3 Å². The highest BCUT2D eigenvalue weighted by molar-refractivity contribution is 9.10. The van der Waals surface area contributed by atoms with Crippen molar-refractivity contribution in [1.29, 1.82) is 0 Å². The van der Waals surface area contributed by atoms with E-state index in [0.717, 1.165) is 0 Å². The van der Waals surface area contributed by atoms with Crippen LogP contribution in [0.2, 0.25) is 0 Å². The van der Waals surface area contributed by atoms with Gasteiger partial charge in [0.05, 0.1) is 11.4 Å². The molecule has 96 valence electrons. The monoisotopic (exact) mass is 328 g/mol. The molecule has 0 bridgehead atoms. The average molecular weight is 329 g/mol. The number of nitrogen functional groups attached to an aromatic ring is 1. The van der Waals surface area contributed by atoms with E-state index in [1.54, 1.807) is 6.07 Å². The minimum atomic E-state index is -3.97. The van der Waals surface area contributed by atoms with Gasteiger partial charge < -0.3 is 5.73 Å². The lowest BCUT2D eigenvalue weighted by Gasteiger charge is -2.11. The third kappa shape index (κ3) is 3.62. The Labute approximate surface area is 106 Å². The maximum Gasteiger partial charge on any atom is 0.251 e. The van der Waals surface area contributed by atoms with Gasteiger partial charge in [-0.15, -0.1) is 0 Å². The molecule has 0 spiro atoms. The predicted molar refractivity (Wildman–Crippen MR) is 64.5 cm³/mol. The van der Waals surface area contributed by atoms with Crippen LogP contribution in [0.4, 0.5) is 14.5 Å². The van der Waals surface area contributed by atoms with Crippen molar-refractivity contribution in [3.05, 3.63) is 22.2 Å². The van der Waals surface area contributed by atoms with Gasteiger partial charge in [-0.2, -0.15) is 0 Å². The number of alkyl halides is 2. The fourth-order valence-electron chi connectivity index (χ4n) is 1.20. The van der Waals surface area contributed by atoms with E-state index < -0.39 is 23.0 Å². The Morgan fingerprint density at radius 1 is 1.47 bits per heavy atom. The Bertz CT molecular complexity index is 520. The summed E-state index contributed by atoms with van der Waals surface area (Å²) in [5, 5.41) is 0. The van der Waals surface area contributed by atoms with Crippen LogP contribution in [0, 0.1) is 6.92 Å². The molecule has 0 aliphatic heterocycles. The fourth-order valence-corrected chi connectivity index (χ4v) is 3.13. The number of anilines is 1. The average Bonchev–Trinajstić information content (AvgIpc) is 2.20. The second-order valence-corrected chi connectivity index (χ2v) is 6.01. The number of nitrogens with two attached hydrogens (primary N) is 1. The smallest absolute Gasteiger partial charge is 0.251 e. The van der Waals surface area contributed by atoms with Crippen LogP contribution in [-0.4, -0.2) is 21.4 Å². The molecule has 8 heteroatoms. The third-order valence-electron chi connectivity index (χ3n) is 2.08. The summed E-state index contributed by atoms with van der Waals surface area (Å²) >= 11 is 3.10. The molecule has 0 saturated heterocycles. The third-order valence-corrected chi connectivity index (χ3v) is 4.09. The second kappa shape index (κ2) is 5.28. The zero-order chi connectivity index (χ0) is 13.2. The number of rotatable bonds is 4. The quantitative estimate of drug-likeness (QED) is 0.829. The lowest BCUT2D eigenvalue weighted by Crippen LogP contribution is -2.29. The Morgan fingerprint density at radius 2 is 2.06 bits per heavy atom. The maximum absolute atomic E-state index is 12.0. The van der Waals surface area contributed by atoms with Crippen LogP contribution >= 0.6 is 15.9 Å². The van der Waals surface area contributed by atoms with Gasteiger partial charge in [0.15, 0.2) is 0 Å². The molecule has 0 aromatic heterocycles. The molecule has 0 atom stereocenters. The fraction of sp³-hybridized carbons (Fsp3) is 0.333. The molecule has 1 rings (SSSR count). The van der Waals surface area contributed by atoms with Gasteiger partial charge in [0.2, 0.25) is 10.0 Å². The minimum Gasteiger partial charge on any atom is -0.398 e. The van der Waals surface area contributed by atoms with E-state index in [-0.39, 0.29) is 10.6 Å². The van der Waals surface area contributed by atoms with Crippen molar-refractivity contribution in [3.63, 3.8) is 0 Å². The molecule has 4 nitrogen and oxygen atoms in total. The van der Waals surface area contributed by atoms with Crippen molar-refractivity contribution >= 4 is 31.6 Å². The van der Waals surface area contributed by atoms with Gasteiger partial charge >= 0.3 is 0 Å². The number of halogens is 3. The van der Waals surface area contributed by atoms with E-state index in [2.05, 4.69) is 15.9 Å².